The Bertz CT molecular complexity index is 211. The fraction of sp³-hybridized carbons (Fsp3) is 0.769. The highest BCUT2D eigenvalue weighted by atomic mass is 16.4. The van der Waals surface area contributed by atoms with Crippen molar-refractivity contribution in [3.8, 4) is 0 Å². The van der Waals surface area contributed by atoms with Gasteiger partial charge in [0.2, 0.25) is 0 Å². The van der Waals surface area contributed by atoms with Crippen molar-refractivity contribution >= 4 is 5.97 Å². The smallest absolute Gasteiger partial charge is 0.313 e. The lowest BCUT2D eigenvalue weighted by molar-refractivity contribution is -0.146. The third-order valence-corrected chi connectivity index (χ3v) is 3.20. The first-order chi connectivity index (χ1) is 7.00. The number of rotatable bonds is 8. The van der Waals surface area contributed by atoms with E-state index in [-0.39, 0.29) is 0 Å². The zero-order chi connectivity index (χ0) is 11.9. The van der Waals surface area contributed by atoms with Gasteiger partial charge in [0, 0.05) is 0 Å². The van der Waals surface area contributed by atoms with Crippen molar-refractivity contribution in [1.82, 2.24) is 0 Å². The molecule has 0 aromatic carbocycles. The van der Waals surface area contributed by atoms with Gasteiger partial charge < -0.3 is 5.11 Å². The van der Waals surface area contributed by atoms with Gasteiger partial charge in [0.25, 0.3) is 0 Å². The highest BCUT2D eigenvalue weighted by Gasteiger charge is 2.31. The Morgan fingerprint density at radius 1 is 1.53 bits per heavy atom. The van der Waals surface area contributed by atoms with E-state index in [9.17, 15) is 4.79 Å². The van der Waals surface area contributed by atoms with E-state index in [0.29, 0.717) is 12.3 Å². The van der Waals surface area contributed by atoms with Crippen molar-refractivity contribution < 1.29 is 9.90 Å². The van der Waals surface area contributed by atoms with Crippen molar-refractivity contribution in [1.29, 1.82) is 0 Å². The first kappa shape index (κ1) is 14.2. The Hall–Kier alpha value is -0.790. The zero-order valence-electron chi connectivity index (χ0n) is 10.3. The Morgan fingerprint density at radius 3 is 2.47 bits per heavy atom. The summed E-state index contributed by atoms with van der Waals surface area (Å²) in [6.07, 6.45) is 6.83. The topological polar surface area (TPSA) is 37.3 Å². The first-order valence-corrected chi connectivity index (χ1v) is 5.87. The van der Waals surface area contributed by atoms with Crippen LogP contribution in [-0.2, 0) is 4.79 Å². The molecule has 2 unspecified atom stereocenters. The average molecular weight is 212 g/mol. The summed E-state index contributed by atoms with van der Waals surface area (Å²) in [4.78, 5) is 11.1. The summed E-state index contributed by atoms with van der Waals surface area (Å²) in [5.41, 5.74) is -0.756. The molecule has 0 aromatic heterocycles. The van der Waals surface area contributed by atoms with Crippen LogP contribution in [0.25, 0.3) is 0 Å². The van der Waals surface area contributed by atoms with Crippen LogP contribution in [-0.4, -0.2) is 11.1 Å². The summed E-state index contributed by atoms with van der Waals surface area (Å²) in [5, 5.41) is 9.13. The predicted molar refractivity (Wildman–Crippen MR) is 63.9 cm³/mol. The molecule has 2 atom stereocenters. The number of carboxylic acid groups (broad SMARTS) is 1. The van der Waals surface area contributed by atoms with Crippen LogP contribution in [0, 0.1) is 11.3 Å². The molecule has 0 fully saturated rings. The summed E-state index contributed by atoms with van der Waals surface area (Å²) in [6.45, 7) is 9.70. The minimum Gasteiger partial charge on any atom is -0.481 e. The Balaban J connectivity index is 4.36. The lowest BCUT2D eigenvalue weighted by Crippen LogP contribution is -2.27. The summed E-state index contributed by atoms with van der Waals surface area (Å²) in [7, 11) is 0. The number of carbonyl (C=O) groups is 1. The van der Waals surface area contributed by atoms with E-state index in [1.54, 1.807) is 13.0 Å². The van der Waals surface area contributed by atoms with Gasteiger partial charge in [0.05, 0.1) is 5.41 Å². The van der Waals surface area contributed by atoms with Crippen molar-refractivity contribution in [2.75, 3.05) is 0 Å². The van der Waals surface area contributed by atoms with Crippen LogP contribution in [0.1, 0.15) is 52.9 Å². The van der Waals surface area contributed by atoms with E-state index in [4.69, 9.17) is 5.11 Å². The van der Waals surface area contributed by atoms with Gasteiger partial charge in [-0.1, -0.05) is 45.6 Å². The molecule has 88 valence electrons. The monoisotopic (exact) mass is 212 g/mol. The lowest BCUT2D eigenvalue weighted by Gasteiger charge is -2.26. The maximum absolute atomic E-state index is 11.1. The second kappa shape index (κ2) is 6.65. The van der Waals surface area contributed by atoms with Crippen molar-refractivity contribution in [2.45, 2.75) is 52.9 Å². The molecule has 0 rings (SSSR count). The lowest BCUT2D eigenvalue weighted by atomic mass is 9.78. The number of hydrogen-bond donors (Lipinski definition) is 1. The van der Waals surface area contributed by atoms with Crippen LogP contribution in [0.4, 0.5) is 0 Å². The van der Waals surface area contributed by atoms with Gasteiger partial charge in [-0.05, 0) is 19.3 Å². The van der Waals surface area contributed by atoms with E-state index in [1.165, 1.54) is 12.8 Å². The Labute approximate surface area is 93.4 Å². The SMILES string of the molecule is C=CC(C)(CC(CC)CCCC)C(=O)O. The predicted octanol–water partition coefficient (Wildman–Crippen LogP) is 3.87. The normalized spacial score (nSPS) is 16.7. The van der Waals surface area contributed by atoms with Crippen LogP contribution in [0.15, 0.2) is 12.7 Å². The molecule has 1 N–H and O–H groups in total. The van der Waals surface area contributed by atoms with E-state index < -0.39 is 11.4 Å². The van der Waals surface area contributed by atoms with Crippen LogP contribution >= 0.6 is 0 Å². The fourth-order valence-electron chi connectivity index (χ4n) is 1.80. The maximum atomic E-state index is 11.1. The molecule has 0 radical (unpaired) electrons. The molecule has 0 amide bonds. The van der Waals surface area contributed by atoms with Gasteiger partial charge in [0.15, 0.2) is 0 Å². The maximum Gasteiger partial charge on any atom is 0.313 e. The van der Waals surface area contributed by atoms with Crippen molar-refractivity contribution in [2.24, 2.45) is 11.3 Å². The van der Waals surface area contributed by atoms with Gasteiger partial charge in [-0.3, -0.25) is 4.79 Å². The standard InChI is InChI=1S/C13H24O2/c1-5-8-9-11(6-2)10-13(4,7-3)12(14)15/h7,11H,3,5-6,8-10H2,1-2,4H3,(H,14,15). The van der Waals surface area contributed by atoms with Gasteiger partial charge in [-0.2, -0.15) is 0 Å². The quantitative estimate of drug-likeness (QED) is 0.620. The molecule has 0 heterocycles. The molecule has 0 saturated carbocycles. The zero-order valence-corrected chi connectivity index (χ0v) is 10.3. The average Bonchev–Trinajstić information content (AvgIpc) is 2.23. The number of carboxylic acids is 1. The molecule has 2 nitrogen and oxygen atoms in total. The molecule has 0 bridgehead atoms. The molecule has 0 aliphatic carbocycles. The third kappa shape index (κ3) is 4.50. The molecule has 0 aliphatic heterocycles. The number of hydrogen-bond acceptors (Lipinski definition) is 1. The Morgan fingerprint density at radius 2 is 2.13 bits per heavy atom. The molecule has 15 heavy (non-hydrogen) atoms. The first-order valence-electron chi connectivity index (χ1n) is 5.87. The van der Waals surface area contributed by atoms with Gasteiger partial charge in [-0.15, -0.1) is 6.58 Å². The van der Waals surface area contributed by atoms with Crippen LogP contribution in [0.5, 0.6) is 0 Å². The van der Waals surface area contributed by atoms with Gasteiger partial charge in [-0.25, -0.2) is 0 Å². The van der Waals surface area contributed by atoms with E-state index in [2.05, 4.69) is 20.4 Å². The van der Waals surface area contributed by atoms with E-state index in [0.717, 1.165) is 12.8 Å². The summed E-state index contributed by atoms with van der Waals surface area (Å²) >= 11 is 0. The van der Waals surface area contributed by atoms with Crippen LogP contribution in [0.3, 0.4) is 0 Å². The van der Waals surface area contributed by atoms with E-state index >= 15 is 0 Å². The molecule has 0 spiro atoms. The molecule has 2 heteroatoms. The molecule has 0 aromatic rings. The summed E-state index contributed by atoms with van der Waals surface area (Å²) in [6, 6.07) is 0. The van der Waals surface area contributed by atoms with Crippen molar-refractivity contribution in [3.63, 3.8) is 0 Å². The Kier molecular flexibility index (Phi) is 6.30. The second-order valence-electron chi connectivity index (χ2n) is 4.55. The number of unbranched alkanes of at least 4 members (excludes halogenated alkanes) is 1. The molecule has 0 saturated heterocycles. The van der Waals surface area contributed by atoms with Crippen LogP contribution in [0.2, 0.25) is 0 Å². The highest BCUT2D eigenvalue weighted by molar-refractivity contribution is 5.76. The third-order valence-electron chi connectivity index (χ3n) is 3.20. The summed E-state index contributed by atoms with van der Waals surface area (Å²) < 4.78 is 0. The minimum absolute atomic E-state index is 0.504. The van der Waals surface area contributed by atoms with E-state index in [1.807, 2.05) is 0 Å². The molecular formula is C13H24O2. The fourth-order valence-corrected chi connectivity index (χ4v) is 1.80. The van der Waals surface area contributed by atoms with Crippen LogP contribution < -0.4 is 0 Å². The largest absolute Gasteiger partial charge is 0.481 e. The van der Waals surface area contributed by atoms with Gasteiger partial charge >= 0.3 is 5.97 Å². The van der Waals surface area contributed by atoms with Crippen molar-refractivity contribution in [3.05, 3.63) is 12.7 Å². The highest BCUT2D eigenvalue weighted by Crippen LogP contribution is 2.31. The molecule has 0 aliphatic rings. The minimum atomic E-state index is -0.757. The molecular weight excluding hydrogens is 188 g/mol. The van der Waals surface area contributed by atoms with Gasteiger partial charge in [0.1, 0.15) is 0 Å². The number of aliphatic carboxylic acids is 1. The summed E-state index contributed by atoms with van der Waals surface area (Å²) in [5.74, 6) is -0.253. The second-order valence-corrected chi connectivity index (χ2v) is 4.55.